The van der Waals surface area contributed by atoms with Crippen molar-refractivity contribution in [3.8, 4) is 17.2 Å². The van der Waals surface area contributed by atoms with Crippen molar-refractivity contribution in [1.82, 2.24) is 13.7 Å². The maximum absolute atomic E-state index is 16.9. The molecule has 9 heteroatoms. The van der Waals surface area contributed by atoms with Crippen LogP contribution in [0.3, 0.4) is 0 Å². The molecule has 0 amide bonds. The summed E-state index contributed by atoms with van der Waals surface area (Å²) in [6.45, 7) is 46.3. The molecule has 3 aromatic carbocycles. The first-order valence-corrected chi connectivity index (χ1v) is 36.9. The summed E-state index contributed by atoms with van der Waals surface area (Å²) in [4.78, 5) is 50.6. The van der Waals surface area contributed by atoms with Gasteiger partial charge in [0.05, 0.1) is 18.1 Å². The number of phenols is 3. The van der Waals surface area contributed by atoms with Crippen molar-refractivity contribution in [1.29, 1.82) is 0 Å². The van der Waals surface area contributed by atoms with Gasteiger partial charge in [0.15, 0.2) is 0 Å². The lowest BCUT2D eigenvalue weighted by Crippen LogP contribution is -2.57. The Morgan fingerprint density at radius 2 is 0.433 bits per heavy atom. The number of rotatable bonds is 42. The van der Waals surface area contributed by atoms with Crippen molar-refractivity contribution in [2.75, 3.05) is 0 Å². The lowest BCUT2D eigenvalue weighted by Gasteiger charge is -2.35. The normalized spacial score (nSPS) is 14.0. The van der Waals surface area contributed by atoms with E-state index < -0.39 is 67.7 Å². The van der Waals surface area contributed by atoms with Crippen LogP contribution in [0.25, 0.3) is 0 Å². The van der Waals surface area contributed by atoms with Gasteiger partial charge >= 0.3 is 17.1 Å². The van der Waals surface area contributed by atoms with E-state index in [9.17, 15) is 15.3 Å². The predicted octanol–water partition coefficient (Wildman–Crippen LogP) is 22.6. The molecule has 0 saturated heterocycles. The second-order valence-corrected chi connectivity index (χ2v) is 31.8. The molecule has 510 valence electrons. The molecule has 1 heterocycles. The van der Waals surface area contributed by atoms with Crippen LogP contribution >= 0.6 is 0 Å². The second kappa shape index (κ2) is 34.6. The lowest BCUT2D eigenvalue weighted by atomic mass is 9.72. The van der Waals surface area contributed by atoms with Gasteiger partial charge in [-0.3, -0.25) is 0 Å². The Morgan fingerprint density at radius 3 is 0.567 bits per heavy atom. The van der Waals surface area contributed by atoms with Gasteiger partial charge in [0.2, 0.25) is 0 Å². The van der Waals surface area contributed by atoms with Gasteiger partial charge in [-0.2, -0.15) is 0 Å². The lowest BCUT2D eigenvalue weighted by molar-refractivity contribution is 0.347. The number of hydrogen-bond acceptors (Lipinski definition) is 6. The Labute approximate surface area is 550 Å². The van der Waals surface area contributed by atoms with E-state index in [1.807, 2.05) is 0 Å². The SMILES string of the molecule is CCCCCC(C)(C)c1cc(C(CCC)n2c(=O)n(C(CCC)c3cc(C(C)(C)CCCCC)c(O)c(C(C)(C)CCCCC)c3)c(=O)n(C(CCC)c3cc(C(C)(C)CCCCC)c(O)c(C(C)(C)CCCCC)c3)c2=O)cc(C(C)(C)CCCCC)c1O. The Morgan fingerprint density at radius 1 is 0.278 bits per heavy atom. The van der Waals surface area contributed by atoms with E-state index in [1.165, 1.54) is 13.7 Å². The van der Waals surface area contributed by atoms with Crippen LogP contribution in [0.4, 0.5) is 0 Å². The van der Waals surface area contributed by atoms with E-state index in [2.05, 4.69) is 182 Å². The molecule has 90 heavy (non-hydrogen) atoms. The van der Waals surface area contributed by atoms with Gasteiger partial charge < -0.3 is 15.3 Å². The molecule has 3 unspecified atom stereocenters. The van der Waals surface area contributed by atoms with Crippen LogP contribution < -0.4 is 17.1 Å². The molecule has 3 atom stereocenters. The van der Waals surface area contributed by atoms with Gasteiger partial charge in [-0.25, -0.2) is 28.1 Å². The molecule has 0 bridgehead atoms. The average molecular weight is 1250 g/mol. The fourth-order valence-electron chi connectivity index (χ4n) is 14.9. The minimum atomic E-state index is -0.810. The summed E-state index contributed by atoms with van der Waals surface area (Å²) in [5.74, 6) is 0.878. The minimum Gasteiger partial charge on any atom is -0.507 e. The van der Waals surface area contributed by atoms with Gasteiger partial charge in [-0.1, -0.05) is 280 Å². The highest BCUT2D eigenvalue weighted by molar-refractivity contribution is 5.54. The monoisotopic (exact) mass is 1250 g/mol. The predicted molar refractivity (Wildman–Crippen MR) is 386 cm³/mol. The number of nitrogens with zero attached hydrogens (tertiary/aromatic N) is 3. The van der Waals surface area contributed by atoms with Crippen molar-refractivity contribution >= 4 is 0 Å². The first-order valence-electron chi connectivity index (χ1n) is 36.9. The van der Waals surface area contributed by atoms with Gasteiger partial charge in [-0.05, 0) is 143 Å². The summed E-state index contributed by atoms with van der Waals surface area (Å²) < 4.78 is 4.38. The fourth-order valence-corrected chi connectivity index (χ4v) is 14.9. The topological polar surface area (TPSA) is 127 Å². The fraction of sp³-hybridized carbons (Fsp3) is 0.741. The zero-order chi connectivity index (χ0) is 67.6. The second-order valence-electron chi connectivity index (χ2n) is 31.8. The standard InChI is InChI=1S/C81H135N3O6/c1-22-31-37-46-76(10,11)61-52-58(53-62(70(61)85)77(12,13)47-38-32-23-2)67(43-28-7)82-73(88)83(68(44-29-8)59-54-63(78(14,15)48-39-33-24-3)71(86)64(55-59)79(16,17)49-40-34-25-4)75(90)84(74(82)89)69(45-30-9)60-56-65(80(18,19)50-41-35-26-5)72(87)66(57-60)81(20,21)51-42-36-27-6/h52-57,67-69,85-87H,22-51H2,1-21H3. The van der Waals surface area contributed by atoms with Crippen LogP contribution in [0.15, 0.2) is 50.8 Å². The number of hydrogen-bond donors (Lipinski definition) is 3. The van der Waals surface area contributed by atoms with Crippen molar-refractivity contribution in [3.63, 3.8) is 0 Å². The highest BCUT2D eigenvalue weighted by Crippen LogP contribution is 2.49. The van der Waals surface area contributed by atoms with Crippen LogP contribution in [0, 0.1) is 0 Å². The zero-order valence-electron chi connectivity index (χ0n) is 61.8. The summed E-state index contributed by atoms with van der Waals surface area (Å²) in [5.41, 5.74) is 2.68. The molecule has 3 N–H and O–H groups in total. The number of benzene rings is 3. The van der Waals surface area contributed by atoms with Gasteiger partial charge in [0.1, 0.15) is 17.2 Å². The van der Waals surface area contributed by atoms with Crippen LogP contribution in [0.1, 0.15) is 406 Å². The zero-order valence-corrected chi connectivity index (χ0v) is 61.8. The van der Waals surface area contributed by atoms with Gasteiger partial charge in [0, 0.05) is 33.4 Å². The van der Waals surface area contributed by atoms with E-state index in [1.54, 1.807) is 0 Å². The third kappa shape index (κ3) is 19.1. The Balaban J connectivity index is 2.47. The van der Waals surface area contributed by atoms with E-state index in [0.29, 0.717) is 55.8 Å². The van der Waals surface area contributed by atoms with Crippen LogP contribution in [0.5, 0.6) is 17.2 Å². The molecule has 4 aromatic rings. The third-order valence-corrected chi connectivity index (χ3v) is 21.2. The molecule has 0 saturated carbocycles. The summed E-state index contributed by atoms with van der Waals surface area (Å²) in [7, 11) is 0. The molecular weight excluding hydrogens is 1110 g/mol. The van der Waals surface area contributed by atoms with E-state index >= 15 is 14.4 Å². The first-order chi connectivity index (χ1) is 42.3. The van der Waals surface area contributed by atoms with Crippen molar-refractivity contribution in [2.45, 2.75) is 389 Å². The number of aromatic hydroxyl groups is 3. The molecule has 4 rings (SSSR count). The average Bonchev–Trinajstić information content (AvgIpc) is 0.742. The number of aromatic nitrogens is 3. The summed E-state index contributed by atoms with van der Waals surface area (Å²) in [6.07, 6.45) is 27.1. The Hall–Kier alpha value is -4.53. The molecule has 0 aliphatic rings. The smallest absolute Gasteiger partial charge is 0.337 e. The molecule has 0 aliphatic carbocycles. The highest BCUT2D eigenvalue weighted by Gasteiger charge is 2.39. The molecule has 9 nitrogen and oxygen atoms in total. The molecule has 0 radical (unpaired) electrons. The van der Waals surface area contributed by atoms with Crippen LogP contribution in [-0.2, 0) is 32.5 Å². The van der Waals surface area contributed by atoms with Crippen LogP contribution in [0.2, 0.25) is 0 Å². The minimum absolute atomic E-state index is 0.293. The van der Waals surface area contributed by atoms with Gasteiger partial charge in [-0.15, -0.1) is 0 Å². The summed E-state index contributed by atoms with van der Waals surface area (Å²) in [5, 5.41) is 38.4. The van der Waals surface area contributed by atoms with Gasteiger partial charge in [0.25, 0.3) is 0 Å². The quantitative estimate of drug-likeness (QED) is 0.0379. The maximum atomic E-state index is 16.9. The molecular formula is C81H135N3O6. The highest BCUT2D eigenvalue weighted by atomic mass is 16.3. The van der Waals surface area contributed by atoms with E-state index in [0.717, 1.165) is 204 Å². The number of phenolic OH excluding ortho intramolecular Hbond substituents is 3. The Kier molecular flexibility index (Phi) is 29.9. The molecule has 0 aliphatic heterocycles. The van der Waals surface area contributed by atoms with Crippen molar-refractivity contribution in [2.24, 2.45) is 0 Å². The largest absolute Gasteiger partial charge is 0.507 e. The summed E-state index contributed by atoms with van der Waals surface area (Å²) >= 11 is 0. The Bertz CT molecular complexity index is 2570. The first kappa shape index (κ1) is 77.9. The summed E-state index contributed by atoms with van der Waals surface area (Å²) in [6, 6.07) is 10.2. The maximum Gasteiger partial charge on any atom is 0.337 e. The third-order valence-electron chi connectivity index (χ3n) is 21.2. The van der Waals surface area contributed by atoms with Crippen LogP contribution in [-0.4, -0.2) is 29.0 Å². The number of unbranched alkanes of at least 4 members (excludes halogenated alkanes) is 12. The van der Waals surface area contributed by atoms with Crippen molar-refractivity contribution < 1.29 is 15.3 Å². The van der Waals surface area contributed by atoms with E-state index in [-0.39, 0.29) is 0 Å². The van der Waals surface area contributed by atoms with Crippen molar-refractivity contribution in [3.05, 3.63) is 118 Å². The van der Waals surface area contributed by atoms with E-state index in [4.69, 9.17) is 0 Å². The molecule has 0 fully saturated rings. The molecule has 0 spiro atoms. The molecule has 1 aromatic heterocycles.